The molecule has 2 heterocycles. The fourth-order valence-corrected chi connectivity index (χ4v) is 2.88. The first-order chi connectivity index (χ1) is 11.1. The number of ether oxygens (including phenoxy) is 1. The summed E-state index contributed by atoms with van der Waals surface area (Å²) in [4.78, 5) is 18.6. The number of likely N-dealkylation sites (tertiary alicyclic amines) is 1. The standard InChI is InChI=1S/C18H29N3O3.HI/c1-8-19-16(21-11-17(3,4)18(21,5)6)20-10-13-9-14(12(2)24-13)15(22)23-7;/h9H,8,10-11H2,1-7H3,(H,19,20);1H. The number of nitrogens with one attached hydrogen (secondary N) is 1. The topological polar surface area (TPSA) is 67.1 Å². The minimum atomic E-state index is -0.385. The average molecular weight is 463 g/mol. The lowest BCUT2D eigenvalue weighted by Crippen LogP contribution is -2.72. The van der Waals surface area contributed by atoms with Gasteiger partial charge in [0.1, 0.15) is 23.6 Å². The summed E-state index contributed by atoms with van der Waals surface area (Å²) >= 11 is 0. The maximum atomic E-state index is 11.7. The molecule has 0 amide bonds. The monoisotopic (exact) mass is 463 g/mol. The molecule has 0 bridgehead atoms. The smallest absolute Gasteiger partial charge is 0.341 e. The zero-order valence-electron chi connectivity index (χ0n) is 16.2. The Morgan fingerprint density at radius 2 is 2.04 bits per heavy atom. The molecule has 6 nitrogen and oxygen atoms in total. The van der Waals surface area contributed by atoms with Crippen molar-refractivity contribution in [1.29, 1.82) is 0 Å². The van der Waals surface area contributed by atoms with E-state index in [1.165, 1.54) is 7.11 Å². The van der Waals surface area contributed by atoms with Crippen molar-refractivity contribution in [3.8, 4) is 0 Å². The van der Waals surface area contributed by atoms with Crippen LogP contribution >= 0.6 is 24.0 Å². The molecule has 0 saturated carbocycles. The Hall–Kier alpha value is -1.25. The highest BCUT2D eigenvalue weighted by atomic mass is 127. The molecule has 1 aromatic rings. The number of hydrogen-bond acceptors (Lipinski definition) is 4. The predicted octanol–water partition coefficient (Wildman–Crippen LogP) is 3.58. The van der Waals surface area contributed by atoms with Gasteiger partial charge < -0.3 is 19.4 Å². The lowest BCUT2D eigenvalue weighted by atomic mass is 9.65. The van der Waals surface area contributed by atoms with E-state index >= 15 is 0 Å². The van der Waals surface area contributed by atoms with Gasteiger partial charge in [-0.3, -0.25) is 0 Å². The maximum Gasteiger partial charge on any atom is 0.341 e. The predicted molar refractivity (Wildman–Crippen MR) is 110 cm³/mol. The van der Waals surface area contributed by atoms with Crippen LogP contribution < -0.4 is 5.32 Å². The van der Waals surface area contributed by atoms with Crippen molar-refractivity contribution >= 4 is 35.9 Å². The van der Waals surface area contributed by atoms with Crippen molar-refractivity contribution in [2.75, 3.05) is 20.2 Å². The molecule has 2 rings (SSSR count). The molecular weight excluding hydrogens is 433 g/mol. The Bertz CT molecular complexity index is 650. The first-order valence-electron chi connectivity index (χ1n) is 8.37. The van der Waals surface area contributed by atoms with Crippen LogP contribution in [-0.4, -0.2) is 42.6 Å². The van der Waals surface area contributed by atoms with Crippen LogP contribution in [0.5, 0.6) is 0 Å². The third-order valence-electron chi connectivity index (χ3n) is 5.23. The van der Waals surface area contributed by atoms with Crippen LogP contribution in [0.3, 0.4) is 0 Å². The molecule has 1 N–H and O–H groups in total. The second-order valence-corrected chi connectivity index (χ2v) is 7.37. The van der Waals surface area contributed by atoms with Gasteiger partial charge in [0.15, 0.2) is 5.96 Å². The van der Waals surface area contributed by atoms with Crippen molar-refractivity contribution in [3.63, 3.8) is 0 Å². The number of aliphatic imine (C=N–C) groups is 1. The molecule has 1 aromatic heterocycles. The van der Waals surface area contributed by atoms with Crippen molar-refractivity contribution in [2.45, 2.75) is 53.6 Å². The molecule has 1 aliphatic rings. The molecular formula is C18H30IN3O3. The number of guanidine groups is 1. The third kappa shape index (κ3) is 4.12. The maximum absolute atomic E-state index is 11.7. The van der Waals surface area contributed by atoms with Crippen LogP contribution in [0.15, 0.2) is 15.5 Å². The molecule has 142 valence electrons. The number of furan rings is 1. The number of rotatable bonds is 4. The first-order valence-corrected chi connectivity index (χ1v) is 8.37. The fraction of sp³-hybridized carbons (Fsp3) is 0.667. The number of halogens is 1. The SMILES string of the molecule is CCNC(=NCc1cc(C(=O)OC)c(C)o1)N1CC(C)(C)C1(C)C.I. The molecule has 0 aromatic carbocycles. The summed E-state index contributed by atoms with van der Waals surface area (Å²) in [6.45, 7) is 15.0. The van der Waals surface area contributed by atoms with Crippen molar-refractivity contribution in [2.24, 2.45) is 10.4 Å². The van der Waals surface area contributed by atoms with Crippen LogP contribution in [-0.2, 0) is 11.3 Å². The van der Waals surface area contributed by atoms with Gasteiger partial charge in [-0.25, -0.2) is 9.79 Å². The number of aryl methyl sites for hydroxylation is 1. The van der Waals surface area contributed by atoms with Crippen LogP contribution in [0.4, 0.5) is 0 Å². The van der Waals surface area contributed by atoms with E-state index < -0.39 is 0 Å². The van der Waals surface area contributed by atoms with E-state index in [1.807, 2.05) is 0 Å². The van der Waals surface area contributed by atoms with E-state index in [0.717, 1.165) is 19.0 Å². The first kappa shape index (κ1) is 21.8. The zero-order chi connectivity index (χ0) is 18.1. The molecule has 0 atom stereocenters. The number of methoxy groups -OCH3 is 1. The molecule has 1 fully saturated rings. The zero-order valence-corrected chi connectivity index (χ0v) is 18.6. The van der Waals surface area contributed by atoms with E-state index in [4.69, 9.17) is 14.1 Å². The van der Waals surface area contributed by atoms with E-state index in [-0.39, 0.29) is 40.9 Å². The van der Waals surface area contributed by atoms with Gasteiger partial charge in [-0.2, -0.15) is 0 Å². The summed E-state index contributed by atoms with van der Waals surface area (Å²) < 4.78 is 10.4. The van der Waals surface area contributed by atoms with Gasteiger partial charge in [-0.1, -0.05) is 13.8 Å². The van der Waals surface area contributed by atoms with Gasteiger partial charge >= 0.3 is 5.97 Å². The summed E-state index contributed by atoms with van der Waals surface area (Å²) in [5.74, 6) is 1.70. The second-order valence-electron chi connectivity index (χ2n) is 7.37. The summed E-state index contributed by atoms with van der Waals surface area (Å²) in [6.07, 6.45) is 0. The largest absolute Gasteiger partial charge is 0.465 e. The van der Waals surface area contributed by atoms with Crippen LogP contribution in [0.2, 0.25) is 0 Å². The van der Waals surface area contributed by atoms with Gasteiger partial charge in [-0.15, -0.1) is 24.0 Å². The van der Waals surface area contributed by atoms with Gasteiger partial charge in [0.25, 0.3) is 0 Å². The highest BCUT2D eigenvalue weighted by Gasteiger charge is 2.53. The number of carbonyl (C=O) groups is 1. The second kappa shape index (κ2) is 7.97. The summed E-state index contributed by atoms with van der Waals surface area (Å²) in [7, 11) is 1.36. The minimum absolute atomic E-state index is 0. The van der Waals surface area contributed by atoms with Gasteiger partial charge in [0, 0.05) is 24.0 Å². The minimum Gasteiger partial charge on any atom is -0.465 e. The van der Waals surface area contributed by atoms with Crippen LogP contribution in [0, 0.1) is 12.3 Å². The lowest BCUT2D eigenvalue weighted by Gasteiger charge is -2.62. The Morgan fingerprint density at radius 1 is 1.40 bits per heavy atom. The molecule has 0 unspecified atom stereocenters. The van der Waals surface area contributed by atoms with E-state index in [9.17, 15) is 4.79 Å². The normalized spacial score (nSPS) is 18.2. The molecule has 1 saturated heterocycles. The Morgan fingerprint density at radius 3 is 2.52 bits per heavy atom. The van der Waals surface area contributed by atoms with Crippen LogP contribution in [0.1, 0.15) is 56.5 Å². The average Bonchev–Trinajstić information content (AvgIpc) is 2.89. The number of hydrogen-bond donors (Lipinski definition) is 1. The Balaban J connectivity index is 0.00000312. The van der Waals surface area contributed by atoms with Gasteiger partial charge in [0.05, 0.1) is 7.11 Å². The Labute approximate surface area is 167 Å². The summed E-state index contributed by atoms with van der Waals surface area (Å²) in [5.41, 5.74) is 0.727. The molecule has 25 heavy (non-hydrogen) atoms. The highest BCUT2D eigenvalue weighted by Crippen LogP contribution is 2.46. The van der Waals surface area contributed by atoms with E-state index in [2.05, 4.69) is 44.8 Å². The van der Waals surface area contributed by atoms with Crippen molar-refractivity contribution < 1.29 is 13.9 Å². The van der Waals surface area contributed by atoms with Crippen molar-refractivity contribution in [1.82, 2.24) is 10.2 Å². The quantitative estimate of drug-likeness (QED) is 0.320. The van der Waals surface area contributed by atoms with Crippen LogP contribution in [0.25, 0.3) is 0 Å². The number of esters is 1. The third-order valence-corrected chi connectivity index (χ3v) is 5.23. The summed E-state index contributed by atoms with van der Waals surface area (Å²) in [5, 5.41) is 3.35. The van der Waals surface area contributed by atoms with Gasteiger partial charge in [-0.05, 0) is 33.8 Å². The van der Waals surface area contributed by atoms with Gasteiger partial charge in [0.2, 0.25) is 0 Å². The highest BCUT2D eigenvalue weighted by molar-refractivity contribution is 14.0. The number of nitrogens with zero attached hydrogens (tertiary/aromatic N) is 2. The van der Waals surface area contributed by atoms with Crippen molar-refractivity contribution in [3.05, 3.63) is 23.2 Å². The molecule has 0 aliphatic carbocycles. The summed E-state index contributed by atoms with van der Waals surface area (Å²) in [6, 6.07) is 1.71. The fourth-order valence-electron chi connectivity index (χ4n) is 2.88. The lowest BCUT2D eigenvalue weighted by molar-refractivity contribution is -0.0668. The number of carbonyl (C=O) groups excluding carboxylic acids is 1. The molecule has 7 heteroatoms. The molecule has 0 radical (unpaired) electrons. The van der Waals surface area contributed by atoms with E-state index in [1.54, 1.807) is 13.0 Å². The molecule has 0 spiro atoms. The Kier molecular flexibility index (Phi) is 6.95. The van der Waals surface area contributed by atoms with E-state index in [0.29, 0.717) is 23.6 Å². The molecule has 1 aliphatic heterocycles.